The van der Waals surface area contributed by atoms with E-state index in [1.54, 1.807) is 0 Å². The zero-order valence-corrected chi connectivity index (χ0v) is 13.8. The van der Waals surface area contributed by atoms with E-state index in [1.165, 1.54) is 24.9 Å². The summed E-state index contributed by atoms with van der Waals surface area (Å²) < 4.78 is 0. The van der Waals surface area contributed by atoms with Gasteiger partial charge in [0.2, 0.25) is 0 Å². The predicted octanol–water partition coefficient (Wildman–Crippen LogP) is 2.83. The maximum atomic E-state index is 10.4. The molecule has 1 aliphatic rings. The van der Waals surface area contributed by atoms with Gasteiger partial charge in [-0.15, -0.1) is 0 Å². The van der Waals surface area contributed by atoms with Gasteiger partial charge in [-0.2, -0.15) is 0 Å². The molecule has 0 radical (unpaired) electrons. The molecule has 1 saturated heterocycles. The molecule has 0 saturated carbocycles. The molecule has 1 N–H and O–H groups in total. The fourth-order valence-electron chi connectivity index (χ4n) is 3.31. The molecule has 2 atom stereocenters. The third kappa shape index (κ3) is 4.80. The Balaban J connectivity index is 1.91. The van der Waals surface area contributed by atoms with E-state index in [-0.39, 0.29) is 6.10 Å². The standard InChI is InChI=1S/C18H30N2O/c1-4-17-14-19(3)10-6-11-20(17)12-9-18(21)16-8-5-7-15(2)13-16/h5,7-8,13,17-18,21H,4,6,9-12,14H2,1-3H3. The van der Waals surface area contributed by atoms with Gasteiger partial charge in [0.05, 0.1) is 6.10 Å². The second-order valence-electron chi connectivity index (χ2n) is 6.43. The van der Waals surface area contributed by atoms with E-state index in [4.69, 9.17) is 0 Å². The predicted molar refractivity (Wildman–Crippen MR) is 88.5 cm³/mol. The molecule has 1 aromatic carbocycles. The number of likely N-dealkylation sites (N-methyl/N-ethyl adjacent to an activating group) is 1. The van der Waals surface area contributed by atoms with Crippen molar-refractivity contribution in [3.63, 3.8) is 0 Å². The maximum Gasteiger partial charge on any atom is 0.0802 e. The molecule has 1 heterocycles. The van der Waals surface area contributed by atoms with Crippen molar-refractivity contribution in [2.45, 2.75) is 45.3 Å². The molecular formula is C18H30N2O. The van der Waals surface area contributed by atoms with Crippen LogP contribution in [0.25, 0.3) is 0 Å². The van der Waals surface area contributed by atoms with E-state index in [0.29, 0.717) is 6.04 Å². The average Bonchev–Trinajstić information content (AvgIpc) is 2.65. The monoisotopic (exact) mass is 290 g/mol. The van der Waals surface area contributed by atoms with Crippen LogP contribution in [0.2, 0.25) is 0 Å². The first-order chi connectivity index (χ1) is 10.1. The van der Waals surface area contributed by atoms with Crippen molar-refractivity contribution >= 4 is 0 Å². The molecule has 1 aliphatic heterocycles. The molecule has 0 aliphatic carbocycles. The third-order valence-corrected chi connectivity index (χ3v) is 4.61. The fourth-order valence-corrected chi connectivity index (χ4v) is 3.31. The van der Waals surface area contributed by atoms with Crippen LogP contribution in [0.3, 0.4) is 0 Å². The molecule has 21 heavy (non-hydrogen) atoms. The first-order valence-electron chi connectivity index (χ1n) is 8.27. The number of nitrogens with zero attached hydrogens (tertiary/aromatic N) is 2. The van der Waals surface area contributed by atoms with Crippen molar-refractivity contribution in [3.8, 4) is 0 Å². The van der Waals surface area contributed by atoms with Gasteiger partial charge in [-0.1, -0.05) is 36.8 Å². The SMILES string of the molecule is CCC1CN(C)CCCN1CCC(O)c1cccc(C)c1. The van der Waals surface area contributed by atoms with E-state index in [9.17, 15) is 5.11 Å². The minimum absolute atomic E-state index is 0.344. The van der Waals surface area contributed by atoms with Crippen molar-refractivity contribution in [3.05, 3.63) is 35.4 Å². The zero-order valence-electron chi connectivity index (χ0n) is 13.8. The van der Waals surface area contributed by atoms with Crippen LogP contribution in [-0.4, -0.2) is 54.2 Å². The van der Waals surface area contributed by atoms with Gasteiger partial charge in [-0.25, -0.2) is 0 Å². The molecule has 0 spiro atoms. The first kappa shape index (κ1) is 16.5. The minimum atomic E-state index is -0.344. The first-order valence-corrected chi connectivity index (χ1v) is 8.27. The zero-order chi connectivity index (χ0) is 15.2. The van der Waals surface area contributed by atoms with Crippen molar-refractivity contribution < 1.29 is 5.11 Å². The fraction of sp³-hybridized carbons (Fsp3) is 0.667. The normalized spacial score (nSPS) is 23.0. The molecule has 118 valence electrons. The lowest BCUT2D eigenvalue weighted by molar-refractivity contribution is 0.121. The summed E-state index contributed by atoms with van der Waals surface area (Å²) >= 11 is 0. The molecule has 1 fully saturated rings. The highest BCUT2D eigenvalue weighted by molar-refractivity contribution is 5.23. The van der Waals surface area contributed by atoms with Crippen LogP contribution < -0.4 is 0 Å². The second-order valence-corrected chi connectivity index (χ2v) is 6.43. The van der Waals surface area contributed by atoms with E-state index in [1.807, 2.05) is 12.1 Å². The van der Waals surface area contributed by atoms with Crippen molar-refractivity contribution in [2.75, 3.05) is 33.2 Å². The summed E-state index contributed by atoms with van der Waals surface area (Å²) in [6, 6.07) is 8.86. The molecule has 3 nitrogen and oxygen atoms in total. The van der Waals surface area contributed by atoms with E-state index in [0.717, 1.165) is 31.6 Å². The highest BCUT2D eigenvalue weighted by Crippen LogP contribution is 2.20. The molecular weight excluding hydrogens is 260 g/mol. The van der Waals surface area contributed by atoms with E-state index in [2.05, 4.69) is 42.8 Å². The molecule has 3 heteroatoms. The number of hydrogen-bond acceptors (Lipinski definition) is 3. The van der Waals surface area contributed by atoms with Gasteiger partial charge in [0.25, 0.3) is 0 Å². The van der Waals surface area contributed by atoms with Crippen molar-refractivity contribution in [2.24, 2.45) is 0 Å². The number of benzene rings is 1. The van der Waals surface area contributed by atoms with Gasteiger partial charge in [0.1, 0.15) is 0 Å². The van der Waals surface area contributed by atoms with Gasteiger partial charge < -0.3 is 10.0 Å². The van der Waals surface area contributed by atoms with Crippen LogP contribution in [0.5, 0.6) is 0 Å². The lowest BCUT2D eigenvalue weighted by atomic mass is 10.0. The lowest BCUT2D eigenvalue weighted by Gasteiger charge is -2.30. The summed E-state index contributed by atoms with van der Waals surface area (Å²) in [6.45, 7) is 8.83. The molecule has 0 aromatic heterocycles. The van der Waals surface area contributed by atoms with Gasteiger partial charge in [0, 0.05) is 19.1 Å². The Morgan fingerprint density at radius 1 is 1.33 bits per heavy atom. The minimum Gasteiger partial charge on any atom is -0.388 e. The smallest absolute Gasteiger partial charge is 0.0802 e. The van der Waals surface area contributed by atoms with Gasteiger partial charge in [-0.05, 0) is 51.9 Å². The Morgan fingerprint density at radius 2 is 2.14 bits per heavy atom. The number of aryl methyl sites for hydroxylation is 1. The summed E-state index contributed by atoms with van der Waals surface area (Å²) in [5.41, 5.74) is 2.27. The Bertz CT molecular complexity index is 435. The molecule has 2 rings (SSSR count). The van der Waals surface area contributed by atoms with Gasteiger partial charge in [0.15, 0.2) is 0 Å². The van der Waals surface area contributed by atoms with Gasteiger partial charge >= 0.3 is 0 Å². The number of rotatable bonds is 5. The van der Waals surface area contributed by atoms with Crippen LogP contribution in [0.4, 0.5) is 0 Å². The Morgan fingerprint density at radius 3 is 2.86 bits per heavy atom. The number of aliphatic hydroxyl groups is 1. The maximum absolute atomic E-state index is 10.4. The Hall–Kier alpha value is -0.900. The van der Waals surface area contributed by atoms with Crippen molar-refractivity contribution in [1.82, 2.24) is 9.80 Å². The Kier molecular flexibility index (Phi) is 6.22. The van der Waals surface area contributed by atoms with Crippen LogP contribution >= 0.6 is 0 Å². The number of hydrogen-bond donors (Lipinski definition) is 1. The van der Waals surface area contributed by atoms with Crippen LogP contribution in [0, 0.1) is 6.92 Å². The van der Waals surface area contributed by atoms with Crippen LogP contribution in [-0.2, 0) is 0 Å². The largest absolute Gasteiger partial charge is 0.388 e. The molecule has 2 unspecified atom stereocenters. The molecule has 1 aromatic rings. The highest BCUT2D eigenvalue weighted by Gasteiger charge is 2.22. The summed E-state index contributed by atoms with van der Waals surface area (Å²) in [4.78, 5) is 5.01. The highest BCUT2D eigenvalue weighted by atomic mass is 16.3. The van der Waals surface area contributed by atoms with E-state index < -0.39 is 0 Å². The summed E-state index contributed by atoms with van der Waals surface area (Å²) in [5, 5.41) is 10.4. The van der Waals surface area contributed by atoms with Gasteiger partial charge in [-0.3, -0.25) is 4.90 Å². The summed E-state index contributed by atoms with van der Waals surface area (Å²) in [6.07, 6.45) is 2.89. The molecule has 0 bridgehead atoms. The summed E-state index contributed by atoms with van der Waals surface area (Å²) in [5.74, 6) is 0. The van der Waals surface area contributed by atoms with Crippen LogP contribution in [0.1, 0.15) is 43.4 Å². The Labute approximate surface area is 129 Å². The van der Waals surface area contributed by atoms with E-state index >= 15 is 0 Å². The lowest BCUT2D eigenvalue weighted by Crippen LogP contribution is -2.40. The second kappa shape index (κ2) is 7.92. The number of aliphatic hydroxyl groups excluding tert-OH is 1. The quantitative estimate of drug-likeness (QED) is 0.903. The molecule has 0 amide bonds. The average molecular weight is 290 g/mol. The third-order valence-electron chi connectivity index (χ3n) is 4.61. The van der Waals surface area contributed by atoms with Crippen LogP contribution in [0.15, 0.2) is 24.3 Å². The topological polar surface area (TPSA) is 26.7 Å². The van der Waals surface area contributed by atoms with Crippen molar-refractivity contribution in [1.29, 1.82) is 0 Å². The summed E-state index contributed by atoms with van der Waals surface area (Å²) in [7, 11) is 2.22.